The number of carbonyl (C=O) groups excluding carboxylic acids is 2. The molecule has 0 radical (unpaired) electrons. The second-order valence-corrected chi connectivity index (χ2v) is 7.54. The van der Waals surface area contributed by atoms with Crippen molar-refractivity contribution in [1.29, 1.82) is 0 Å². The van der Waals surface area contributed by atoms with Gasteiger partial charge in [-0.15, -0.1) is 0 Å². The molecule has 2 amide bonds. The van der Waals surface area contributed by atoms with E-state index in [0.29, 0.717) is 24.9 Å². The maximum absolute atomic E-state index is 12.5. The number of aryl methyl sites for hydroxylation is 1. The fraction of sp³-hybridized carbons (Fsp3) is 0.579. The van der Waals surface area contributed by atoms with E-state index in [2.05, 4.69) is 5.32 Å². The summed E-state index contributed by atoms with van der Waals surface area (Å²) in [7, 11) is 0. The molecule has 23 heavy (non-hydrogen) atoms. The normalized spacial score (nSPS) is 32.6. The Balaban J connectivity index is 1.39. The molecule has 3 aliphatic rings. The van der Waals surface area contributed by atoms with Crippen LogP contribution in [0.3, 0.4) is 0 Å². The number of fused-ring (bicyclic) bond motifs is 2. The lowest BCUT2D eigenvalue weighted by molar-refractivity contribution is -0.130. The average molecular weight is 312 g/mol. The molecule has 4 nitrogen and oxygen atoms in total. The third kappa shape index (κ3) is 2.75. The first-order chi connectivity index (χ1) is 11.1. The molecular formula is C19H24N2O2. The average Bonchev–Trinajstić information content (AvgIpc) is 3.24. The summed E-state index contributed by atoms with van der Waals surface area (Å²) in [5, 5.41) is 2.96. The van der Waals surface area contributed by atoms with Gasteiger partial charge < -0.3 is 10.2 Å². The van der Waals surface area contributed by atoms with Crippen molar-refractivity contribution in [1.82, 2.24) is 4.90 Å². The van der Waals surface area contributed by atoms with E-state index < -0.39 is 0 Å². The van der Waals surface area contributed by atoms with Crippen molar-refractivity contribution in [2.24, 2.45) is 17.8 Å². The zero-order valence-corrected chi connectivity index (χ0v) is 13.6. The van der Waals surface area contributed by atoms with Crippen molar-refractivity contribution in [3.05, 3.63) is 29.8 Å². The molecule has 1 aromatic carbocycles. The fourth-order valence-electron chi connectivity index (χ4n) is 4.70. The number of nitrogens with one attached hydrogen (secondary N) is 1. The van der Waals surface area contributed by atoms with Crippen molar-refractivity contribution in [3.63, 3.8) is 0 Å². The molecule has 0 spiro atoms. The Hall–Kier alpha value is -1.84. The Morgan fingerprint density at radius 3 is 2.61 bits per heavy atom. The van der Waals surface area contributed by atoms with Crippen LogP contribution >= 0.6 is 0 Å². The Morgan fingerprint density at radius 2 is 1.96 bits per heavy atom. The number of hydrogen-bond donors (Lipinski definition) is 1. The molecular weight excluding hydrogens is 288 g/mol. The Morgan fingerprint density at radius 1 is 1.17 bits per heavy atom. The van der Waals surface area contributed by atoms with Crippen molar-refractivity contribution in [2.75, 3.05) is 11.9 Å². The van der Waals surface area contributed by atoms with Gasteiger partial charge in [-0.2, -0.15) is 0 Å². The van der Waals surface area contributed by atoms with Crippen molar-refractivity contribution < 1.29 is 9.59 Å². The zero-order valence-electron chi connectivity index (χ0n) is 13.6. The minimum atomic E-state index is -0.206. The molecule has 1 heterocycles. The third-order valence-electron chi connectivity index (χ3n) is 5.95. The van der Waals surface area contributed by atoms with Gasteiger partial charge in [-0.25, -0.2) is 0 Å². The lowest BCUT2D eigenvalue weighted by Gasteiger charge is -2.31. The minimum absolute atomic E-state index is 0.0205. The van der Waals surface area contributed by atoms with Gasteiger partial charge >= 0.3 is 0 Å². The highest BCUT2D eigenvalue weighted by molar-refractivity contribution is 5.97. The number of benzene rings is 1. The Labute approximate surface area is 137 Å². The molecule has 2 bridgehead atoms. The molecule has 3 fully saturated rings. The summed E-state index contributed by atoms with van der Waals surface area (Å²) in [5.41, 5.74) is 1.98. The van der Waals surface area contributed by atoms with E-state index in [4.69, 9.17) is 0 Å². The number of rotatable bonds is 3. The topological polar surface area (TPSA) is 49.4 Å². The van der Waals surface area contributed by atoms with E-state index >= 15 is 0 Å². The summed E-state index contributed by atoms with van der Waals surface area (Å²) in [6.07, 6.45) is 5.41. The van der Waals surface area contributed by atoms with Gasteiger partial charge in [0, 0.05) is 24.7 Å². The van der Waals surface area contributed by atoms with Crippen molar-refractivity contribution in [3.8, 4) is 0 Å². The van der Waals surface area contributed by atoms with Crippen LogP contribution in [0.2, 0.25) is 0 Å². The number of carbonyl (C=O) groups is 2. The van der Waals surface area contributed by atoms with Gasteiger partial charge in [0.15, 0.2) is 0 Å². The lowest BCUT2D eigenvalue weighted by Crippen LogP contribution is -2.40. The summed E-state index contributed by atoms with van der Waals surface area (Å²) in [4.78, 5) is 26.9. The van der Waals surface area contributed by atoms with Gasteiger partial charge in [-0.05, 0) is 50.2 Å². The zero-order chi connectivity index (χ0) is 16.0. The Bertz CT molecular complexity index is 625. The van der Waals surface area contributed by atoms with E-state index in [0.717, 1.165) is 18.0 Å². The molecule has 2 saturated carbocycles. The van der Waals surface area contributed by atoms with Crippen LogP contribution in [0.1, 0.15) is 37.7 Å². The van der Waals surface area contributed by atoms with Crippen LogP contribution in [0.5, 0.6) is 0 Å². The van der Waals surface area contributed by atoms with Gasteiger partial charge in [-0.1, -0.05) is 24.1 Å². The van der Waals surface area contributed by atoms with Crippen LogP contribution < -0.4 is 5.32 Å². The lowest BCUT2D eigenvalue weighted by atomic mass is 9.94. The van der Waals surface area contributed by atoms with Gasteiger partial charge in [0.2, 0.25) is 11.8 Å². The summed E-state index contributed by atoms with van der Waals surface area (Å²) in [6.45, 7) is 2.62. The number of hydrogen-bond acceptors (Lipinski definition) is 2. The maximum Gasteiger partial charge on any atom is 0.229 e. The van der Waals surface area contributed by atoms with Gasteiger partial charge in [-0.3, -0.25) is 9.59 Å². The van der Waals surface area contributed by atoms with E-state index in [-0.39, 0.29) is 17.7 Å². The number of nitrogens with zero attached hydrogens (tertiary/aromatic N) is 1. The van der Waals surface area contributed by atoms with Crippen molar-refractivity contribution >= 4 is 17.5 Å². The molecule has 0 aromatic heterocycles. The van der Waals surface area contributed by atoms with Crippen LogP contribution in [-0.4, -0.2) is 29.3 Å². The van der Waals surface area contributed by atoms with Gasteiger partial charge in [0.05, 0.1) is 5.92 Å². The second-order valence-electron chi connectivity index (χ2n) is 7.54. The van der Waals surface area contributed by atoms with Crippen LogP contribution in [0.15, 0.2) is 24.3 Å². The smallest absolute Gasteiger partial charge is 0.229 e. The summed E-state index contributed by atoms with van der Waals surface area (Å²) in [6, 6.07) is 8.20. The molecule has 4 heteroatoms. The fourth-order valence-corrected chi connectivity index (χ4v) is 4.70. The molecule has 1 aliphatic heterocycles. The first-order valence-corrected chi connectivity index (χ1v) is 8.77. The number of anilines is 1. The number of likely N-dealkylation sites (tertiary alicyclic amines) is 1. The van der Waals surface area contributed by atoms with Crippen LogP contribution in [0.4, 0.5) is 5.69 Å². The maximum atomic E-state index is 12.5. The molecule has 4 atom stereocenters. The summed E-state index contributed by atoms with van der Waals surface area (Å²) < 4.78 is 0. The molecule has 122 valence electrons. The van der Waals surface area contributed by atoms with Gasteiger partial charge in [0.1, 0.15) is 0 Å². The highest BCUT2D eigenvalue weighted by Crippen LogP contribution is 2.47. The molecule has 1 N–H and O–H groups in total. The molecule has 4 rings (SSSR count). The van der Waals surface area contributed by atoms with Gasteiger partial charge in [0.25, 0.3) is 0 Å². The predicted molar refractivity (Wildman–Crippen MR) is 88.9 cm³/mol. The van der Waals surface area contributed by atoms with E-state index in [9.17, 15) is 9.59 Å². The predicted octanol–water partition coefficient (Wildman–Crippen LogP) is 2.97. The first-order valence-electron chi connectivity index (χ1n) is 8.77. The second kappa shape index (κ2) is 5.66. The largest absolute Gasteiger partial charge is 0.339 e. The number of amides is 2. The summed E-state index contributed by atoms with van der Waals surface area (Å²) >= 11 is 0. The highest BCUT2D eigenvalue weighted by Gasteiger charge is 2.47. The monoisotopic (exact) mass is 312 g/mol. The van der Waals surface area contributed by atoms with Crippen LogP contribution in [0, 0.1) is 24.7 Å². The summed E-state index contributed by atoms with van der Waals surface area (Å²) in [5.74, 6) is 1.45. The first kappa shape index (κ1) is 14.7. The van der Waals surface area contributed by atoms with Crippen LogP contribution in [-0.2, 0) is 9.59 Å². The molecule has 2 aliphatic carbocycles. The molecule has 1 aromatic rings. The molecule has 0 unspecified atom stereocenters. The van der Waals surface area contributed by atoms with E-state index in [1.807, 2.05) is 36.1 Å². The van der Waals surface area contributed by atoms with Crippen LogP contribution in [0.25, 0.3) is 0 Å². The van der Waals surface area contributed by atoms with E-state index in [1.54, 1.807) is 0 Å². The minimum Gasteiger partial charge on any atom is -0.339 e. The standard InChI is InChI=1S/C19H24N2O2/c1-12-2-6-16(7-3-12)20-19(23)15-10-18(22)21(11-15)17-9-13-4-5-14(17)8-13/h2-3,6-7,13-15,17H,4-5,8-11H2,1H3,(H,20,23)/t13-,14-,15-,17-/m0/s1. The highest BCUT2D eigenvalue weighted by atomic mass is 16.2. The quantitative estimate of drug-likeness (QED) is 0.933. The third-order valence-corrected chi connectivity index (χ3v) is 5.95. The van der Waals surface area contributed by atoms with Crippen molar-refractivity contribution in [2.45, 2.75) is 45.1 Å². The van der Waals surface area contributed by atoms with E-state index in [1.165, 1.54) is 24.8 Å². The Kier molecular flexibility index (Phi) is 3.63. The SMILES string of the molecule is Cc1ccc(NC(=O)[C@H]2CC(=O)N([C@H]3C[C@H]4CC[C@H]3C4)C2)cc1. The molecule has 1 saturated heterocycles.